The summed E-state index contributed by atoms with van der Waals surface area (Å²) in [6, 6.07) is 0. The average Bonchev–Trinajstić information content (AvgIpc) is 3.17. The van der Waals surface area contributed by atoms with E-state index in [1.54, 1.807) is 13.8 Å². The first kappa shape index (κ1) is 25.8. The minimum absolute atomic E-state index is 0.00337. The van der Waals surface area contributed by atoms with Crippen LogP contribution in [0.2, 0.25) is 18.1 Å². The maximum Gasteiger partial charge on any atom is 0.330 e. The largest absolute Gasteiger partial charge is 0.414 e. The molecule has 1 amide bonds. The molecular formula is C21H35N3O8Si. The Kier molecular flexibility index (Phi) is 7.09. The molecule has 2 aliphatic rings. The molecule has 0 spiro atoms. The number of aliphatic hydroxyl groups excluding tert-OH is 1. The fourth-order valence-corrected chi connectivity index (χ4v) is 4.64. The number of nitrogens with one attached hydrogen (secondary N) is 2. The number of H-pyrrole nitrogens is 1. The first-order chi connectivity index (χ1) is 15.2. The van der Waals surface area contributed by atoms with E-state index in [9.17, 15) is 14.4 Å². The van der Waals surface area contributed by atoms with E-state index in [1.807, 2.05) is 0 Å². The van der Waals surface area contributed by atoms with Gasteiger partial charge in [-0.05, 0) is 32.0 Å². The predicted octanol–water partition coefficient (Wildman–Crippen LogP) is 0.698. The lowest BCUT2D eigenvalue weighted by Gasteiger charge is -2.37. The number of aliphatic hydroxyl groups is 1. The van der Waals surface area contributed by atoms with Crippen LogP contribution < -0.4 is 16.6 Å². The highest BCUT2D eigenvalue weighted by Crippen LogP contribution is 2.44. The van der Waals surface area contributed by atoms with Crippen molar-refractivity contribution in [1.82, 2.24) is 14.9 Å². The molecule has 2 saturated heterocycles. The Morgan fingerprint density at radius 1 is 1.27 bits per heavy atom. The lowest BCUT2D eigenvalue weighted by Crippen LogP contribution is -2.44. The number of fused-ring (bicyclic) bond motifs is 1. The second kappa shape index (κ2) is 9.08. The third-order valence-electron chi connectivity index (χ3n) is 6.42. The summed E-state index contributed by atoms with van der Waals surface area (Å²) in [7, 11) is -2.07. The Morgan fingerprint density at radius 3 is 2.52 bits per heavy atom. The molecule has 2 fully saturated rings. The molecule has 3 heterocycles. The molecule has 0 aliphatic carbocycles. The maximum atomic E-state index is 12.7. The van der Waals surface area contributed by atoms with Crippen LogP contribution in [-0.2, 0) is 18.6 Å². The average molecular weight is 486 g/mol. The van der Waals surface area contributed by atoms with Crippen LogP contribution >= 0.6 is 0 Å². The topological polar surface area (TPSA) is 141 Å². The maximum absolute atomic E-state index is 12.7. The number of rotatable bonds is 7. The normalized spacial score (nSPS) is 26.9. The molecule has 0 aromatic carbocycles. The van der Waals surface area contributed by atoms with Crippen molar-refractivity contribution in [2.24, 2.45) is 0 Å². The minimum atomic E-state index is -2.07. The number of aromatic nitrogens is 2. The van der Waals surface area contributed by atoms with Crippen molar-refractivity contribution in [2.75, 3.05) is 19.8 Å². The molecule has 12 heteroatoms. The van der Waals surface area contributed by atoms with Crippen LogP contribution in [0.15, 0.2) is 15.8 Å². The predicted molar refractivity (Wildman–Crippen MR) is 122 cm³/mol. The van der Waals surface area contributed by atoms with Crippen LogP contribution in [0.4, 0.5) is 0 Å². The van der Waals surface area contributed by atoms with Gasteiger partial charge in [-0.1, -0.05) is 20.8 Å². The molecule has 0 bridgehead atoms. The van der Waals surface area contributed by atoms with Crippen LogP contribution in [-0.4, -0.2) is 72.7 Å². The molecule has 3 rings (SSSR count). The van der Waals surface area contributed by atoms with E-state index in [0.717, 1.165) is 10.8 Å². The molecule has 4 atom stereocenters. The molecule has 3 N–H and O–H groups in total. The molecule has 0 radical (unpaired) electrons. The molecule has 2 aliphatic heterocycles. The lowest BCUT2D eigenvalue weighted by atomic mass is 10.1. The summed E-state index contributed by atoms with van der Waals surface area (Å²) in [5, 5.41) is 11.3. The quantitative estimate of drug-likeness (QED) is 0.479. The molecule has 33 heavy (non-hydrogen) atoms. The first-order valence-corrected chi connectivity index (χ1v) is 14.0. The number of ether oxygens (including phenoxy) is 3. The fourth-order valence-electron chi connectivity index (χ4n) is 3.62. The second-order valence-electron chi connectivity index (χ2n) is 10.4. The number of carbonyl (C=O) groups is 1. The third kappa shape index (κ3) is 5.31. The van der Waals surface area contributed by atoms with E-state index in [1.165, 1.54) is 0 Å². The van der Waals surface area contributed by atoms with Crippen molar-refractivity contribution in [2.45, 2.75) is 83.1 Å². The number of amides is 1. The van der Waals surface area contributed by atoms with E-state index in [4.69, 9.17) is 23.7 Å². The van der Waals surface area contributed by atoms with E-state index < -0.39 is 55.8 Å². The Labute approximate surface area is 193 Å². The second-order valence-corrected chi connectivity index (χ2v) is 15.2. The molecule has 0 unspecified atom stereocenters. The Hall–Kier alpha value is -1.83. The highest BCUT2D eigenvalue weighted by molar-refractivity contribution is 6.74. The zero-order valence-electron chi connectivity index (χ0n) is 20.3. The number of hydrogen-bond donors (Lipinski definition) is 3. The van der Waals surface area contributed by atoms with Gasteiger partial charge in [0.1, 0.15) is 23.9 Å². The minimum Gasteiger partial charge on any atom is -0.414 e. The fraction of sp³-hybridized carbons (Fsp3) is 0.762. The van der Waals surface area contributed by atoms with Gasteiger partial charge < -0.3 is 29.1 Å². The Bertz CT molecular complexity index is 996. The molecule has 1 aromatic rings. The molecule has 186 valence electrons. The van der Waals surface area contributed by atoms with E-state index in [0.29, 0.717) is 0 Å². The van der Waals surface area contributed by atoms with Crippen molar-refractivity contribution in [1.29, 1.82) is 0 Å². The van der Waals surface area contributed by atoms with Gasteiger partial charge in [0.25, 0.3) is 11.5 Å². The number of hydrogen-bond acceptors (Lipinski definition) is 8. The molecular weight excluding hydrogens is 450 g/mol. The number of aromatic amines is 1. The van der Waals surface area contributed by atoms with Gasteiger partial charge in [0, 0.05) is 12.7 Å². The van der Waals surface area contributed by atoms with Gasteiger partial charge in [-0.15, -0.1) is 0 Å². The number of carbonyl (C=O) groups excluding carboxylic acids is 1. The third-order valence-corrected chi connectivity index (χ3v) is 10.9. The monoisotopic (exact) mass is 485 g/mol. The van der Waals surface area contributed by atoms with Gasteiger partial charge >= 0.3 is 5.69 Å². The van der Waals surface area contributed by atoms with Crippen LogP contribution in [0.25, 0.3) is 0 Å². The lowest BCUT2D eigenvalue weighted by molar-refractivity contribution is -0.200. The summed E-state index contributed by atoms with van der Waals surface area (Å²) in [5.41, 5.74) is -1.84. The van der Waals surface area contributed by atoms with Gasteiger partial charge in [0.05, 0.1) is 13.2 Å². The van der Waals surface area contributed by atoms with Crippen molar-refractivity contribution < 1.29 is 28.5 Å². The van der Waals surface area contributed by atoms with E-state index in [2.05, 4.69) is 44.2 Å². The van der Waals surface area contributed by atoms with Gasteiger partial charge in [0.15, 0.2) is 20.3 Å². The molecule has 0 saturated carbocycles. The van der Waals surface area contributed by atoms with Crippen molar-refractivity contribution in [3.05, 3.63) is 32.6 Å². The number of nitrogens with zero attached hydrogens (tertiary/aromatic N) is 1. The summed E-state index contributed by atoms with van der Waals surface area (Å²) in [6.45, 7) is 14.2. The van der Waals surface area contributed by atoms with Gasteiger partial charge in [-0.3, -0.25) is 19.1 Å². The van der Waals surface area contributed by atoms with Crippen molar-refractivity contribution in [3.63, 3.8) is 0 Å². The SMILES string of the molecule is CC1(C)O[C@@H]2[C@H](O1)[C@@H](CO[Si](C)(C)C(C)(C)C)O[C@H]2n1cc(C(=O)NCCO)c(=O)[nH]c1=O. The Balaban J connectivity index is 1.91. The van der Waals surface area contributed by atoms with Crippen LogP contribution in [0, 0.1) is 0 Å². The van der Waals surface area contributed by atoms with Crippen molar-refractivity contribution >= 4 is 14.2 Å². The first-order valence-electron chi connectivity index (χ1n) is 11.1. The van der Waals surface area contributed by atoms with E-state index >= 15 is 0 Å². The molecule has 11 nitrogen and oxygen atoms in total. The Morgan fingerprint density at radius 2 is 1.91 bits per heavy atom. The van der Waals surface area contributed by atoms with Gasteiger partial charge in [0.2, 0.25) is 0 Å². The zero-order chi connectivity index (χ0) is 24.8. The summed E-state index contributed by atoms with van der Waals surface area (Å²) in [5.74, 6) is -1.62. The van der Waals surface area contributed by atoms with E-state index in [-0.39, 0.29) is 30.4 Å². The standard InChI is InChI=1S/C21H35N3O8Si/c1-20(2,3)33(6,7)29-11-13-14-15(32-21(4,5)31-14)18(30-13)24-10-12(16(26)22-8-9-25)17(27)23-19(24)28/h10,13-15,18,25H,8-9,11H2,1-7H3,(H,22,26)(H,23,27,28)/t13-,14-,15-,18-/m1/s1. The van der Waals surface area contributed by atoms with Gasteiger partial charge in [-0.2, -0.15) is 0 Å². The smallest absolute Gasteiger partial charge is 0.330 e. The van der Waals surface area contributed by atoms with Crippen LogP contribution in [0.3, 0.4) is 0 Å². The summed E-state index contributed by atoms with van der Waals surface area (Å²) >= 11 is 0. The van der Waals surface area contributed by atoms with Crippen LogP contribution in [0.5, 0.6) is 0 Å². The highest BCUT2D eigenvalue weighted by Gasteiger charge is 2.56. The zero-order valence-corrected chi connectivity index (χ0v) is 21.3. The van der Waals surface area contributed by atoms with Crippen LogP contribution in [0.1, 0.15) is 51.2 Å². The summed E-state index contributed by atoms with van der Waals surface area (Å²) in [6.07, 6.45) is -1.44. The summed E-state index contributed by atoms with van der Waals surface area (Å²) < 4.78 is 25.8. The van der Waals surface area contributed by atoms with Gasteiger partial charge in [-0.25, -0.2) is 4.79 Å². The summed E-state index contributed by atoms with van der Waals surface area (Å²) in [4.78, 5) is 39.4. The highest BCUT2D eigenvalue weighted by atomic mass is 28.4. The molecule has 1 aromatic heterocycles. The van der Waals surface area contributed by atoms with Crippen molar-refractivity contribution in [3.8, 4) is 0 Å².